The number of halogens is 1. The number of anilines is 2. The van der Waals surface area contributed by atoms with Crippen molar-refractivity contribution in [2.24, 2.45) is 0 Å². The Labute approximate surface area is 181 Å². The number of ether oxygens (including phenoxy) is 2. The van der Waals surface area contributed by atoms with E-state index in [0.717, 1.165) is 17.7 Å². The zero-order chi connectivity index (χ0) is 22.0. The quantitative estimate of drug-likeness (QED) is 0.721. The van der Waals surface area contributed by atoms with E-state index in [9.17, 15) is 9.18 Å². The van der Waals surface area contributed by atoms with Gasteiger partial charge in [-0.25, -0.2) is 9.37 Å². The lowest BCUT2D eigenvalue weighted by Gasteiger charge is -2.28. The van der Waals surface area contributed by atoms with Crippen LogP contribution in [0.15, 0.2) is 30.5 Å². The van der Waals surface area contributed by atoms with Crippen LogP contribution in [0, 0.1) is 5.82 Å². The molecule has 8 nitrogen and oxygen atoms in total. The van der Waals surface area contributed by atoms with Gasteiger partial charge in [-0.3, -0.25) is 4.79 Å². The molecule has 31 heavy (non-hydrogen) atoms. The molecular weight excluding hydrogens is 401 g/mol. The first kappa shape index (κ1) is 21.3. The van der Waals surface area contributed by atoms with Gasteiger partial charge in [-0.1, -0.05) is 12.1 Å². The summed E-state index contributed by atoms with van der Waals surface area (Å²) >= 11 is 0. The van der Waals surface area contributed by atoms with Crippen molar-refractivity contribution >= 4 is 17.7 Å². The van der Waals surface area contributed by atoms with E-state index >= 15 is 0 Å². The Hall–Kier alpha value is -2.94. The number of nitrogens with one attached hydrogen (secondary N) is 1. The van der Waals surface area contributed by atoms with Gasteiger partial charge in [0.1, 0.15) is 11.9 Å². The van der Waals surface area contributed by atoms with Crippen LogP contribution in [0.2, 0.25) is 0 Å². The minimum Gasteiger partial charge on any atom is -0.489 e. The molecule has 1 aromatic carbocycles. The van der Waals surface area contributed by atoms with Gasteiger partial charge in [0.2, 0.25) is 11.9 Å². The van der Waals surface area contributed by atoms with Crippen LogP contribution in [-0.4, -0.2) is 68.4 Å². The number of nitrogens with zero attached hydrogens (tertiary/aromatic N) is 4. The van der Waals surface area contributed by atoms with Crippen LogP contribution >= 0.6 is 0 Å². The standard InChI is InChI=1S/C22H28FN5O3/c1-14(21(29)25-16-12-30-13-16)15-4-6-17(7-5-15)31-18-8-9-28(11-18)20-19(23)10-24-22(26-20)27(2)3/h4-7,10,14,16,18H,8-9,11-13H2,1-3H3,(H,25,29)/t14?,18-/m1/s1. The first-order valence-electron chi connectivity index (χ1n) is 10.5. The van der Waals surface area contributed by atoms with Gasteiger partial charge in [0, 0.05) is 27.1 Å². The minimum atomic E-state index is -0.434. The fraction of sp³-hybridized carbons (Fsp3) is 0.500. The Kier molecular flexibility index (Phi) is 6.22. The summed E-state index contributed by atoms with van der Waals surface area (Å²) in [4.78, 5) is 24.3. The molecule has 1 N–H and O–H groups in total. The summed E-state index contributed by atoms with van der Waals surface area (Å²) in [6.45, 7) is 4.26. The third-order valence-corrected chi connectivity index (χ3v) is 5.62. The third kappa shape index (κ3) is 4.87. The second-order valence-electron chi connectivity index (χ2n) is 8.24. The molecule has 0 bridgehead atoms. The fourth-order valence-electron chi connectivity index (χ4n) is 3.63. The highest BCUT2D eigenvalue weighted by Crippen LogP contribution is 2.26. The van der Waals surface area contributed by atoms with Crippen LogP contribution in [-0.2, 0) is 9.53 Å². The maximum Gasteiger partial charge on any atom is 0.227 e. The number of hydrogen-bond donors (Lipinski definition) is 1. The highest BCUT2D eigenvalue weighted by atomic mass is 19.1. The van der Waals surface area contributed by atoms with Gasteiger partial charge >= 0.3 is 0 Å². The van der Waals surface area contributed by atoms with Crippen molar-refractivity contribution in [2.45, 2.75) is 31.4 Å². The highest BCUT2D eigenvalue weighted by Gasteiger charge is 2.28. The molecule has 0 saturated carbocycles. The first-order chi connectivity index (χ1) is 14.9. The monoisotopic (exact) mass is 429 g/mol. The zero-order valence-electron chi connectivity index (χ0n) is 18.0. The van der Waals surface area contributed by atoms with Crippen LogP contribution in [0.1, 0.15) is 24.8 Å². The molecule has 4 rings (SSSR count). The summed E-state index contributed by atoms with van der Waals surface area (Å²) in [7, 11) is 3.64. The molecule has 2 atom stereocenters. The second-order valence-corrected chi connectivity index (χ2v) is 8.24. The molecule has 2 aromatic rings. The van der Waals surface area contributed by atoms with Crippen molar-refractivity contribution in [2.75, 3.05) is 50.2 Å². The van der Waals surface area contributed by atoms with Crippen molar-refractivity contribution in [3.63, 3.8) is 0 Å². The molecule has 9 heteroatoms. The van der Waals surface area contributed by atoms with Crippen LogP contribution < -0.4 is 19.9 Å². The van der Waals surface area contributed by atoms with Crippen molar-refractivity contribution < 1.29 is 18.7 Å². The number of aromatic nitrogens is 2. The van der Waals surface area contributed by atoms with E-state index in [1.165, 1.54) is 6.20 Å². The predicted molar refractivity (Wildman–Crippen MR) is 115 cm³/mol. The van der Waals surface area contributed by atoms with E-state index in [1.54, 1.807) is 4.90 Å². The summed E-state index contributed by atoms with van der Waals surface area (Å²) in [6, 6.07) is 7.71. The largest absolute Gasteiger partial charge is 0.489 e. The van der Waals surface area contributed by atoms with Gasteiger partial charge in [0.05, 0.1) is 37.9 Å². The molecule has 3 heterocycles. The Morgan fingerprint density at radius 2 is 2.06 bits per heavy atom. The molecule has 0 spiro atoms. The normalized spacial score (nSPS) is 19.6. The van der Waals surface area contributed by atoms with E-state index in [1.807, 2.05) is 50.2 Å². The van der Waals surface area contributed by atoms with Crippen LogP contribution in [0.25, 0.3) is 0 Å². The van der Waals surface area contributed by atoms with Gasteiger partial charge in [0.25, 0.3) is 0 Å². The molecule has 1 aromatic heterocycles. The molecule has 2 aliphatic heterocycles. The highest BCUT2D eigenvalue weighted by molar-refractivity contribution is 5.83. The molecule has 0 aliphatic carbocycles. The minimum absolute atomic E-state index is 0.00243. The summed E-state index contributed by atoms with van der Waals surface area (Å²) < 4.78 is 25.5. The predicted octanol–water partition coefficient (Wildman–Crippen LogP) is 1.96. The lowest BCUT2D eigenvalue weighted by atomic mass is 9.99. The van der Waals surface area contributed by atoms with Crippen LogP contribution in [0.5, 0.6) is 5.75 Å². The van der Waals surface area contributed by atoms with E-state index < -0.39 is 5.82 Å². The Morgan fingerprint density at radius 1 is 1.32 bits per heavy atom. The summed E-state index contributed by atoms with van der Waals surface area (Å²) in [5.41, 5.74) is 0.928. The molecule has 0 radical (unpaired) electrons. The maximum absolute atomic E-state index is 14.3. The molecule has 2 saturated heterocycles. The smallest absolute Gasteiger partial charge is 0.227 e. The first-order valence-corrected chi connectivity index (χ1v) is 10.5. The van der Waals surface area contributed by atoms with Gasteiger partial charge in [0.15, 0.2) is 11.6 Å². The summed E-state index contributed by atoms with van der Waals surface area (Å²) in [6.07, 6.45) is 1.91. The number of hydrogen-bond acceptors (Lipinski definition) is 7. The third-order valence-electron chi connectivity index (χ3n) is 5.62. The number of amides is 1. The van der Waals surface area contributed by atoms with Crippen molar-refractivity contribution in [1.29, 1.82) is 0 Å². The Balaban J connectivity index is 1.34. The molecule has 2 fully saturated rings. The van der Waals surface area contributed by atoms with Gasteiger partial charge in [-0.2, -0.15) is 4.98 Å². The van der Waals surface area contributed by atoms with Crippen LogP contribution in [0.4, 0.5) is 16.2 Å². The Bertz CT molecular complexity index is 920. The second kappa shape index (κ2) is 9.05. The van der Waals surface area contributed by atoms with Gasteiger partial charge in [-0.15, -0.1) is 0 Å². The maximum atomic E-state index is 14.3. The lowest BCUT2D eigenvalue weighted by molar-refractivity contribution is -0.126. The SMILES string of the molecule is CC(C(=O)NC1COC1)c1ccc(O[C@@H]2CCN(c3nc(N(C)C)ncc3F)C2)cc1. The number of carbonyl (C=O) groups is 1. The number of rotatable bonds is 7. The van der Waals surface area contributed by atoms with Gasteiger partial charge in [-0.05, 0) is 24.6 Å². The van der Waals surface area contributed by atoms with E-state index in [4.69, 9.17) is 9.47 Å². The lowest BCUT2D eigenvalue weighted by Crippen LogP contribution is -2.49. The van der Waals surface area contributed by atoms with Crippen molar-refractivity contribution in [3.8, 4) is 5.75 Å². The van der Waals surface area contributed by atoms with Crippen molar-refractivity contribution in [3.05, 3.63) is 41.8 Å². The molecule has 166 valence electrons. The fourth-order valence-corrected chi connectivity index (χ4v) is 3.63. The van der Waals surface area contributed by atoms with Crippen LogP contribution in [0.3, 0.4) is 0 Å². The topological polar surface area (TPSA) is 79.8 Å². The summed E-state index contributed by atoms with van der Waals surface area (Å²) in [5, 5.41) is 2.98. The van der Waals surface area contributed by atoms with Gasteiger partial charge < -0.3 is 24.6 Å². The molecule has 1 amide bonds. The zero-order valence-corrected chi connectivity index (χ0v) is 18.0. The molecular formula is C22H28FN5O3. The summed E-state index contributed by atoms with van der Waals surface area (Å²) in [5.74, 6) is 0.820. The average molecular weight is 429 g/mol. The Morgan fingerprint density at radius 3 is 2.71 bits per heavy atom. The van der Waals surface area contributed by atoms with E-state index in [2.05, 4.69) is 15.3 Å². The molecule has 2 aliphatic rings. The number of carbonyl (C=O) groups excluding carboxylic acids is 1. The molecule has 1 unspecified atom stereocenters. The van der Waals surface area contributed by atoms with E-state index in [-0.39, 0.29) is 24.0 Å². The van der Waals surface area contributed by atoms with E-state index in [0.29, 0.717) is 38.1 Å². The average Bonchev–Trinajstić information content (AvgIpc) is 3.19. The van der Waals surface area contributed by atoms with Crippen molar-refractivity contribution in [1.82, 2.24) is 15.3 Å². The number of benzene rings is 1.